The number of amides is 1. The lowest BCUT2D eigenvalue weighted by Crippen LogP contribution is -2.49. The number of aliphatic hydroxyl groups excluding tert-OH is 1. The first-order valence-corrected chi connectivity index (χ1v) is 13.0. The fraction of sp³-hybridized carbons (Fsp3) is 0.682. The Morgan fingerprint density at radius 1 is 1.11 bits per heavy atom. The number of ether oxygens (including phenoxy) is 1. The molecule has 0 aliphatic heterocycles. The number of alkyl carbamates (subject to hydrolysis) is 1. The lowest BCUT2D eigenvalue weighted by molar-refractivity contribution is 0.0418. The maximum absolute atomic E-state index is 12.6. The summed E-state index contributed by atoms with van der Waals surface area (Å²) in [5, 5.41) is 12.5. The Bertz CT molecular complexity index is 605. The van der Waals surface area contributed by atoms with Crippen LogP contribution in [0.2, 0.25) is 18.1 Å². The Kier molecular flexibility index (Phi) is 8.72. The highest BCUT2D eigenvalue weighted by atomic mass is 28.4. The molecule has 0 aliphatic rings. The summed E-state index contributed by atoms with van der Waals surface area (Å²) >= 11 is 0. The van der Waals surface area contributed by atoms with E-state index < -0.39 is 20.0 Å². The number of carbonyl (C=O) groups excluding carboxylic acids is 1. The van der Waals surface area contributed by atoms with Crippen molar-refractivity contribution in [2.24, 2.45) is 0 Å². The number of rotatable bonds is 8. The topological polar surface area (TPSA) is 67.8 Å². The zero-order valence-electron chi connectivity index (χ0n) is 18.8. The van der Waals surface area contributed by atoms with E-state index in [0.29, 0.717) is 12.8 Å². The van der Waals surface area contributed by atoms with E-state index in [-0.39, 0.29) is 23.8 Å². The quantitative estimate of drug-likeness (QED) is 0.563. The lowest BCUT2D eigenvalue weighted by Gasteiger charge is -2.42. The summed E-state index contributed by atoms with van der Waals surface area (Å²) < 4.78 is 12.2. The molecule has 2 N–H and O–H groups in total. The van der Waals surface area contributed by atoms with E-state index in [2.05, 4.69) is 39.2 Å². The zero-order valence-corrected chi connectivity index (χ0v) is 19.8. The van der Waals surface area contributed by atoms with Gasteiger partial charge in [0.25, 0.3) is 0 Å². The van der Waals surface area contributed by atoms with Gasteiger partial charge >= 0.3 is 6.09 Å². The summed E-state index contributed by atoms with van der Waals surface area (Å²) in [5.74, 6) is 0. The molecule has 0 aliphatic carbocycles. The average molecular weight is 410 g/mol. The largest absolute Gasteiger partial charge is 0.444 e. The molecule has 2 atom stereocenters. The molecule has 0 saturated carbocycles. The molecule has 28 heavy (non-hydrogen) atoms. The standard InChI is InChI=1S/C22H39NO4Si/c1-21(2,3)26-20(25)23-19(17-13-10-9-11-14-17)18(15-12-16-24)27-28(7,8)22(4,5)6/h9-11,13-14,18-19,24H,12,15-16H2,1-8H3,(H,23,25)/t18-,19-/m0/s1. The van der Waals surface area contributed by atoms with Gasteiger partial charge in [0, 0.05) is 6.61 Å². The van der Waals surface area contributed by atoms with Crippen LogP contribution in [0.3, 0.4) is 0 Å². The summed E-state index contributed by atoms with van der Waals surface area (Å²) in [6.07, 6.45) is 0.550. The molecule has 0 saturated heterocycles. The molecule has 0 aromatic heterocycles. The molecule has 0 radical (unpaired) electrons. The Morgan fingerprint density at radius 3 is 2.14 bits per heavy atom. The highest BCUT2D eigenvalue weighted by Gasteiger charge is 2.41. The van der Waals surface area contributed by atoms with Crippen LogP contribution in [-0.2, 0) is 9.16 Å². The number of aliphatic hydroxyl groups is 1. The number of hydrogen-bond donors (Lipinski definition) is 2. The van der Waals surface area contributed by atoms with Crippen LogP contribution in [0.15, 0.2) is 30.3 Å². The Labute approximate surface area is 172 Å². The van der Waals surface area contributed by atoms with Crippen molar-refractivity contribution < 1.29 is 19.1 Å². The second-order valence-electron chi connectivity index (χ2n) is 9.82. The number of hydrogen-bond acceptors (Lipinski definition) is 4. The van der Waals surface area contributed by atoms with Crippen LogP contribution in [-0.4, -0.2) is 37.8 Å². The van der Waals surface area contributed by atoms with E-state index in [1.165, 1.54) is 0 Å². The van der Waals surface area contributed by atoms with Crippen molar-refractivity contribution in [2.45, 2.75) is 90.3 Å². The first kappa shape index (κ1) is 24.7. The van der Waals surface area contributed by atoms with Gasteiger partial charge in [0.2, 0.25) is 0 Å². The summed E-state index contributed by atoms with van der Waals surface area (Å²) in [6, 6.07) is 9.48. The highest BCUT2D eigenvalue weighted by Crippen LogP contribution is 2.39. The van der Waals surface area contributed by atoms with E-state index in [4.69, 9.17) is 9.16 Å². The van der Waals surface area contributed by atoms with Gasteiger partial charge in [0.1, 0.15) is 5.60 Å². The monoisotopic (exact) mass is 409 g/mol. The van der Waals surface area contributed by atoms with Crippen LogP contribution in [0.1, 0.15) is 66.0 Å². The summed E-state index contributed by atoms with van der Waals surface area (Å²) in [4.78, 5) is 12.6. The second-order valence-corrected chi connectivity index (χ2v) is 14.6. The molecule has 5 nitrogen and oxygen atoms in total. The molecule has 1 rings (SSSR count). The molecule has 0 fully saturated rings. The van der Waals surface area contributed by atoms with Gasteiger partial charge in [0.05, 0.1) is 12.1 Å². The molecule has 1 aromatic rings. The molecule has 0 unspecified atom stereocenters. The molecule has 0 bridgehead atoms. The normalized spacial score (nSPS) is 15.0. The van der Waals surface area contributed by atoms with E-state index in [1.807, 2.05) is 51.1 Å². The third-order valence-corrected chi connectivity index (χ3v) is 9.61. The summed E-state index contributed by atoms with van der Waals surface area (Å²) in [7, 11) is -2.09. The second kappa shape index (κ2) is 9.90. The summed E-state index contributed by atoms with van der Waals surface area (Å²) in [5.41, 5.74) is 0.390. The first-order chi connectivity index (χ1) is 12.8. The van der Waals surface area contributed by atoms with Gasteiger partial charge in [-0.25, -0.2) is 4.79 Å². The van der Waals surface area contributed by atoms with E-state index in [1.54, 1.807) is 0 Å². The SMILES string of the molecule is CC(C)(C)OC(=O)N[C@@H](c1ccccc1)[C@H](CCCO)O[Si](C)(C)C(C)(C)C. The summed E-state index contributed by atoms with van der Waals surface area (Å²) in [6.45, 7) is 16.6. The molecule has 1 aromatic carbocycles. The molecule has 6 heteroatoms. The molecular formula is C22H39NO4Si. The van der Waals surface area contributed by atoms with E-state index in [0.717, 1.165) is 5.56 Å². The lowest BCUT2D eigenvalue weighted by atomic mass is 9.98. The Balaban J connectivity index is 3.21. The van der Waals surface area contributed by atoms with Crippen LogP contribution < -0.4 is 5.32 Å². The third-order valence-electron chi connectivity index (χ3n) is 5.10. The van der Waals surface area contributed by atoms with Crippen molar-refractivity contribution >= 4 is 14.4 Å². The van der Waals surface area contributed by atoms with Gasteiger partial charge in [-0.1, -0.05) is 51.1 Å². The molecule has 160 valence electrons. The number of benzene rings is 1. The number of carbonyl (C=O) groups is 1. The predicted octanol–water partition coefficient (Wildman–Crippen LogP) is 5.42. The Morgan fingerprint density at radius 2 is 1.68 bits per heavy atom. The van der Waals surface area contributed by atoms with Gasteiger partial charge < -0.3 is 19.6 Å². The molecular weight excluding hydrogens is 370 g/mol. The van der Waals surface area contributed by atoms with Crippen LogP contribution in [0.4, 0.5) is 4.79 Å². The molecule has 1 amide bonds. The maximum Gasteiger partial charge on any atom is 0.408 e. The fourth-order valence-electron chi connectivity index (χ4n) is 2.63. The van der Waals surface area contributed by atoms with E-state index >= 15 is 0 Å². The van der Waals surface area contributed by atoms with Gasteiger partial charge in [0.15, 0.2) is 8.32 Å². The van der Waals surface area contributed by atoms with Crippen molar-refractivity contribution in [3.63, 3.8) is 0 Å². The average Bonchev–Trinajstić information content (AvgIpc) is 2.54. The van der Waals surface area contributed by atoms with Crippen LogP contribution in [0.5, 0.6) is 0 Å². The van der Waals surface area contributed by atoms with Crippen molar-refractivity contribution in [3.05, 3.63) is 35.9 Å². The van der Waals surface area contributed by atoms with Gasteiger partial charge in [-0.15, -0.1) is 0 Å². The number of nitrogens with one attached hydrogen (secondary N) is 1. The minimum Gasteiger partial charge on any atom is -0.444 e. The fourth-order valence-corrected chi connectivity index (χ4v) is 3.99. The van der Waals surface area contributed by atoms with Crippen LogP contribution in [0, 0.1) is 0 Å². The van der Waals surface area contributed by atoms with Crippen LogP contribution >= 0.6 is 0 Å². The highest BCUT2D eigenvalue weighted by molar-refractivity contribution is 6.74. The maximum atomic E-state index is 12.6. The van der Waals surface area contributed by atoms with Crippen LogP contribution in [0.25, 0.3) is 0 Å². The molecule has 0 spiro atoms. The smallest absolute Gasteiger partial charge is 0.408 e. The van der Waals surface area contributed by atoms with Crippen molar-refractivity contribution in [1.82, 2.24) is 5.32 Å². The predicted molar refractivity (Wildman–Crippen MR) is 117 cm³/mol. The van der Waals surface area contributed by atoms with Gasteiger partial charge in [-0.05, 0) is 57.3 Å². The van der Waals surface area contributed by atoms with Gasteiger partial charge in [-0.2, -0.15) is 0 Å². The Hall–Kier alpha value is -1.37. The molecule has 0 heterocycles. The van der Waals surface area contributed by atoms with Crippen molar-refractivity contribution in [3.8, 4) is 0 Å². The van der Waals surface area contributed by atoms with Gasteiger partial charge in [-0.3, -0.25) is 0 Å². The minimum atomic E-state index is -2.09. The minimum absolute atomic E-state index is 0.0393. The van der Waals surface area contributed by atoms with Crippen molar-refractivity contribution in [1.29, 1.82) is 0 Å². The van der Waals surface area contributed by atoms with Crippen molar-refractivity contribution in [2.75, 3.05) is 6.61 Å². The first-order valence-electron chi connectivity index (χ1n) is 10.1. The van der Waals surface area contributed by atoms with E-state index in [9.17, 15) is 9.90 Å². The zero-order chi connectivity index (χ0) is 21.6. The third kappa shape index (κ3) is 7.93.